The number of halogens is 4. The van der Waals surface area contributed by atoms with Crippen LogP contribution in [0, 0.1) is 47.4 Å². The first kappa shape index (κ1) is 25.9. The van der Waals surface area contributed by atoms with Crippen molar-refractivity contribution in [2.45, 2.75) is 0 Å². The van der Waals surface area contributed by atoms with Crippen LogP contribution in [0.5, 0.6) is 11.5 Å². The lowest BCUT2D eigenvalue weighted by molar-refractivity contribution is 0.414. The lowest BCUT2D eigenvalue weighted by Gasteiger charge is -2.03. The van der Waals surface area contributed by atoms with Crippen molar-refractivity contribution in [1.82, 2.24) is 0 Å². The summed E-state index contributed by atoms with van der Waals surface area (Å²) in [5, 5.41) is 0. The van der Waals surface area contributed by atoms with Gasteiger partial charge in [-0.1, -0.05) is 11.8 Å². The number of hydrogen-bond donors (Lipinski definition) is 0. The fraction of sp³-hybridized carbons (Fsp3) is 0.0769. The van der Waals surface area contributed by atoms with E-state index in [4.69, 9.17) is 9.47 Å². The van der Waals surface area contributed by atoms with Gasteiger partial charge >= 0.3 is 0 Å². The van der Waals surface area contributed by atoms with Gasteiger partial charge in [0.15, 0.2) is 0 Å². The first-order chi connectivity index (χ1) is 15.5. The molecule has 0 aliphatic heterocycles. The summed E-state index contributed by atoms with van der Waals surface area (Å²) in [4.78, 5) is 0. The summed E-state index contributed by atoms with van der Waals surface area (Å²) in [6, 6.07) is 15.2. The molecular weight excluding hydrogens is 664 g/mol. The maximum absolute atomic E-state index is 5.18. The Morgan fingerprint density at radius 3 is 1.12 bits per heavy atom. The van der Waals surface area contributed by atoms with Gasteiger partial charge in [-0.05, 0) is 159 Å². The van der Waals surface area contributed by atoms with E-state index in [0.29, 0.717) is 0 Å². The molecule has 0 unspecified atom stereocenters. The van der Waals surface area contributed by atoms with E-state index < -0.39 is 0 Å². The van der Waals surface area contributed by atoms with E-state index in [9.17, 15) is 0 Å². The van der Waals surface area contributed by atoms with Crippen LogP contribution in [0.15, 0.2) is 55.3 Å². The van der Waals surface area contributed by atoms with Crippen molar-refractivity contribution >= 4 is 74.9 Å². The van der Waals surface area contributed by atoms with E-state index in [0.717, 1.165) is 40.6 Å². The second-order valence-electron chi connectivity index (χ2n) is 5.73. The largest absolute Gasteiger partial charge is 0.497 e. The van der Waals surface area contributed by atoms with Crippen LogP contribution in [0.3, 0.4) is 0 Å². The first-order valence-electron chi connectivity index (χ1n) is 8.87. The van der Waals surface area contributed by atoms with Gasteiger partial charge in [-0.25, -0.2) is 0 Å². The molecule has 0 N–H and O–H groups in total. The molecule has 0 radical (unpaired) electrons. The van der Waals surface area contributed by atoms with Crippen molar-refractivity contribution in [2.24, 2.45) is 0 Å². The molecule has 0 saturated heterocycles. The summed E-state index contributed by atoms with van der Waals surface area (Å²) in [5.41, 5.74) is 3.40. The molecule has 158 valence electrons. The molecule has 0 amide bonds. The third-order valence-electron chi connectivity index (χ3n) is 3.82. The predicted octanol–water partition coefficient (Wildman–Crippen LogP) is 7.33. The van der Waals surface area contributed by atoms with E-state index in [1.54, 1.807) is 14.2 Å². The molecule has 0 aliphatic rings. The number of methoxy groups -OCH3 is 2. The van der Waals surface area contributed by atoms with Gasteiger partial charge in [-0.15, -0.1) is 0 Å². The predicted molar refractivity (Wildman–Crippen MR) is 147 cm³/mol. The third kappa shape index (κ3) is 8.31. The zero-order valence-corrected chi connectivity index (χ0v) is 23.3. The molecule has 0 saturated carbocycles. The molecule has 2 nitrogen and oxygen atoms in total. The smallest absolute Gasteiger partial charge is 0.118 e. The minimum atomic E-state index is 0.736. The summed E-state index contributed by atoms with van der Waals surface area (Å²) in [5.74, 6) is 24.0. The quantitative estimate of drug-likeness (QED) is 0.316. The molecular formula is C26H14Br4O2. The molecule has 32 heavy (non-hydrogen) atoms. The molecule has 2 aromatic rings. The van der Waals surface area contributed by atoms with Crippen LogP contribution in [0.4, 0.5) is 0 Å². The standard InChI is InChI=1S/C26H14Br4O2/c1-31-21-15-11-19(12-16-21)23(25(27)28)9-7-5-3-4-6-8-10-24(26(29)30)20-13-17-22(32-2)18-14-20/h11-18H,1-2H3. The van der Waals surface area contributed by atoms with Gasteiger partial charge in [-0.2, -0.15) is 0 Å². The molecule has 0 atom stereocenters. The molecule has 0 spiro atoms. The van der Waals surface area contributed by atoms with Crippen molar-refractivity contribution in [2.75, 3.05) is 14.2 Å². The van der Waals surface area contributed by atoms with Crippen LogP contribution in [0.2, 0.25) is 0 Å². The Bertz CT molecular complexity index is 1160. The Labute approximate surface area is 222 Å². The Morgan fingerprint density at radius 1 is 0.531 bits per heavy atom. The highest BCUT2D eigenvalue weighted by atomic mass is 79.9. The van der Waals surface area contributed by atoms with Gasteiger partial charge in [0.1, 0.15) is 11.5 Å². The van der Waals surface area contributed by atoms with E-state index in [-0.39, 0.29) is 0 Å². The van der Waals surface area contributed by atoms with Crippen LogP contribution in [0.1, 0.15) is 11.1 Å². The van der Waals surface area contributed by atoms with Crippen molar-refractivity contribution in [1.29, 1.82) is 0 Å². The minimum absolute atomic E-state index is 0.736. The van der Waals surface area contributed by atoms with Crippen LogP contribution < -0.4 is 9.47 Å². The van der Waals surface area contributed by atoms with Crippen LogP contribution in [0.25, 0.3) is 11.1 Å². The van der Waals surface area contributed by atoms with Gasteiger partial charge < -0.3 is 9.47 Å². The van der Waals surface area contributed by atoms with E-state index in [2.05, 4.69) is 111 Å². The van der Waals surface area contributed by atoms with E-state index in [1.807, 2.05) is 48.5 Å². The van der Waals surface area contributed by atoms with Crippen molar-refractivity contribution in [3.8, 4) is 58.9 Å². The average Bonchev–Trinajstić information content (AvgIpc) is 2.80. The molecule has 0 aromatic heterocycles. The highest BCUT2D eigenvalue weighted by molar-refractivity contribution is 9.28. The van der Waals surface area contributed by atoms with Gasteiger partial charge in [0.2, 0.25) is 0 Å². The lowest BCUT2D eigenvalue weighted by Crippen LogP contribution is -1.85. The summed E-state index contributed by atoms with van der Waals surface area (Å²) < 4.78 is 11.8. The van der Waals surface area contributed by atoms with Gasteiger partial charge in [0.25, 0.3) is 0 Å². The minimum Gasteiger partial charge on any atom is -0.497 e. The summed E-state index contributed by atoms with van der Waals surface area (Å²) in [6.07, 6.45) is 0. The Balaban J connectivity index is 2.12. The zero-order valence-electron chi connectivity index (χ0n) is 16.9. The van der Waals surface area contributed by atoms with Gasteiger partial charge in [0.05, 0.1) is 32.1 Å². The molecule has 0 fully saturated rings. The Kier molecular flexibility index (Phi) is 11.3. The fourth-order valence-electron chi connectivity index (χ4n) is 2.28. The zero-order chi connectivity index (χ0) is 23.3. The first-order valence-corrected chi connectivity index (χ1v) is 12.0. The highest BCUT2D eigenvalue weighted by Gasteiger charge is 2.04. The molecule has 6 heteroatoms. The normalized spacial score (nSPS) is 8.56. The van der Waals surface area contributed by atoms with E-state index >= 15 is 0 Å². The Hall–Kier alpha value is -2.32. The van der Waals surface area contributed by atoms with Crippen molar-refractivity contribution in [3.63, 3.8) is 0 Å². The average molecular weight is 678 g/mol. The monoisotopic (exact) mass is 674 g/mol. The summed E-state index contributed by atoms with van der Waals surface area (Å²) >= 11 is 13.7. The van der Waals surface area contributed by atoms with Gasteiger partial charge in [-0.3, -0.25) is 0 Å². The Morgan fingerprint density at radius 2 is 0.844 bits per heavy atom. The molecule has 0 aliphatic carbocycles. The molecule has 0 bridgehead atoms. The number of rotatable bonds is 4. The molecule has 2 rings (SSSR count). The third-order valence-corrected chi connectivity index (χ3v) is 5.41. The van der Waals surface area contributed by atoms with Crippen LogP contribution in [-0.4, -0.2) is 14.2 Å². The molecule has 0 heterocycles. The second kappa shape index (κ2) is 14.0. The summed E-state index contributed by atoms with van der Waals surface area (Å²) in [6.45, 7) is 0. The van der Waals surface area contributed by atoms with E-state index in [1.165, 1.54) is 0 Å². The van der Waals surface area contributed by atoms with Crippen LogP contribution in [-0.2, 0) is 0 Å². The van der Waals surface area contributed by atoms with Gasteiger partial charge in [0, 0.05) is 0 Å². The topological polar surface area (TPSA) is 18.5 Å². The number of benzene rings is 2. The lowest BCUT2D eigenvalue weighted by atomic mass is 10.1. The molecule has 2 aromatic carbocycles. The maximum atomic E-state index is 5.18. The number of allylic oxidation sites excluding steroid dienone is 2. The fourth-order valence-corrected chi connectivity index (χ4v) is 3.60. The SMILES string of the molecule is COc1ccc(C(C#CC#CC#CC#CC(=C(Br)Br)c2ccc(OC)cc2)=C(Br)Br)cc1. The summed E-state index contributed by atoms with van der Waals surface area (Å²) in [7, 11) is 3.25. The van der Waals surface area contributed by atoms with Crippen molar-refractivity contribution < 1.29 is 9.47 Å². The highest BCUT2D eigenvalue weighted by Crippen LogP contribution is 2.29. The van der Waals surface area contributed by atoms with Crippen molar-refractivity contribution in [3.05, 3.63) is 66.4 Å². The maximum Gasteiger partial charge on any atom is 0.118 e. The second-order valence-corrected chi connectivity index (χ2v) is 11.0. The number of ether oxygens (including phenoxy) is 2. The van der Waals surface area contributed by atoms with Crippen LogP contribution >= 0.6 is 63.7 Å². The number of hydrogen-bond acceptors (Lipinski definition) is 2.